The molecule has 1 atom stereocenters. The largest absolute Gasteiger partial charge is 0.338 e. The van der Waals surface area contributed by atoms with E-state index in [2.05, 4.69) is 33.9 Å². The maximum atomic E-state index is 4.35. The second-order valence-corrected chi connectivity index (χ2v) is 4.69. The third-order valence-electron chi connectivity index (χ3n) is 3.50. The van der Waals surface area contributed by atoms with Crippen LogP contribution < -0.4 is 5.32 Å². The molecule has 2 heterocycles. The zero-order valence-corrected chi connectivity index (χ0v) is 10.3. The van der Waals surface area contributed by atoms with Crippen LogP contribution in [0.25, 0.3) is 0 Å². The Kier molecular flexibility index (Phi) is 3.96. The highest BCUT2D eigenvalue weighted by Gasteiger charge is 2.17. The molecule has 0 spiro atoms. The number of hydrogen-bond acceptors (Lipinski definition) is 3. The molecule has 4 nitrogen and oxygen atoms in total. The Morgan fingerprint density at radius 2 is 2.50 bits per heavy atom. The topological polar surface area (TPSA) is 33.1 Å². The molecule has 4 heteroatoms. The number of piperidine rings is 1. The van der Waals surface area contributed by atoms with Crippen LogP contribution in [0, 0.1) is 0 Å². The van der Waals surface area contributed by atoms with E-state index in [1.54, 1.807) is 0 Å². The fraction of sp³-hybridized carbons (Fsp3) is 0.750. The molecule has 90 valence electrons. The van der Waals surface area contributed by atoms with Gasteiger partial charge in [-0.05, 0) is 26.4 Å². The Labute approximate surface area is 97.7 Å². The maximum absolute atomic E-state index is 4.35. The van der Waals surface area contributed by atoms with Crippen LogP contribution in [0.5, 0.6) is 0 Å². The standard InChI is InChI=1S/C12H22N4/c1-15(11-4-3-6-13-10-11)8-5-12-14-7-9-16(12)2/h7,9,11,13H,3-6,8,10H2,1-2H3. The molecule has 0 radical (unpaired) electrons. The van der Waals surface area contributed by atoms with Gasteiger partial charge in [-0.2, -0.15) is 0 Å². The molecule has 1 unspecified atom stereocenters. The molecule has 1 aromatic rings. The molecular formula is C12H22N4. The van der Waals surface area contributed by atoms with Gasteiger partial charge in [-0.3, -0.25) is 0 Å². The van der Waals surface area contributed by atoms with E-state index in [1.807, 2.05) is 12.4 Å². The highest BCUT2D eigenvalue weighted by Crippen LogP contribution is 2.09. The summed E-state index contributed by atoms with van der Waals surface area (Å²) in [5, 5.41) is 3.46. The minimum atomic E-state index is 0.703. The Bertz CT molecular complexity index is 315. The Hall–Kier alpha value is -0.870. The monoisotopic (exact) mass is 222 g/mol. The van der Waals surface area contributed by atoms with Crippen molar-refractivity contribution in [3.63, 3.8) is 0 Å². The van der Waals surface area contributed by atoms with E-state index in [9.17, 15) is 0 Å². The van der Waals surface area contributed by atoms with Crippen molar-refractivity contribution in [1.82, 2.24) is 19.8 Å². The lowest BCUT2D eigenvalue weighted by Gasteiger charge is -2.31. The summed E-state index contributed by atoms with van der Waals surface area (Å²) in [6.07, 6.45) is 7.55. The fourth-order valence-corrected chi connectivity index (χ4v) is 2.31. The van der Waals surface area contributed by atoms with E-state index in [-0.39, 0.29) is 0 Å². The number of aryl methyl sites for hydroxylation is 1. The Balaban J connectivity index is 1.78. The first-order chi connectivity index (χ1) is 7.77. The van der Waals surface area contributed by atoms with Crippen LogP contribution in [0.4, 0.5) is 0 Å². The van der Waals surface area contributed by atoms with Gasteiger partial charge in [0.05, 0.1) is 0 Å². The minimum absolute atomic E-state index is 0.703. The van der Waals surface area contributed by atoms with Crippen molar-refractivity contribution in [2.24, 2.45) is 7.05 Å². The summed E-state index contributed by atoms with van der Waals surface area (Å²) < 4.78 is 2.10. The number of nitrogens with zero attached hydrogens (tertiary/aromatic N) is 3. The van der Waals surface area contributed by atoms with Gasteiger partial charge in [0.25, 0.3) is 0 Å². The fourth-order valence-electron chi connectivity index (χ4n) is 2.31. The van der Waals surface area contributed by atoms with E-state index in [4.69, 9.17) is 0 Å². The van der Waals surface area contributed by atoms with Gasteiger partial charge in [-0.1, -0.05) is 0 Å². The quantitative estimate of drug-likeness (QED) is 0.812. The van der Waals surface area contributed by atoms with Gasteiger partial charge >= 0.3 is 0 Å². The lowest BCUT2D eigenvalue weighted by Crippen LogP contribution is -2.44. The molecule has 0 aromatic carbocycles. The number of hydrogen-bond donors (Lipinski definition) is 1. The number of imidazole rings is 1. The minimum Gasteiger partial charge on any atom is -0.338 e. The second-order valence-electron chi connectivity index (χ2n) is 4.69. The predicted octanol–water partition coefficient (Wildman–Crippen LogP) is 0.646. The van der Waals surface area contributed by atoms with Crippen molar-refractivity contribution in [2.45, 2.75) is 25.3 Å². The highest BCUT2D eigenvalue weighted by molar-refractivity contribution is 4.92. The molecule has 1 aliphatic rings. The van der Waals surface area contributed by atoms with Crippen LogP contribution in [0.15, 0.2) is 12.4 Å². The normalized spacial score (nSPS) is 21.6. The molecule has 16 heavy (non-hydrogen) atoms. The van der Waals surface area contributed by atoms with Gasteiger partial charge in [0.15, 0.2) is 0 Å². The molecule has 0 amide bonds. The molecule has 0 aliphatic carbocycles. The lowest BCUT2D eigenvalue weighted by atomic mass is 10.1. The number of nitrogens with one attached hydrogen (secondary N) is 1. The summed E-state index contributed by atoms with van der Waals surface area (Å²) in [6, 6.07) is 0.703. The van der Waals surface area contributed by atoms with E-state index in [0.29, 0.717) is 6.04 Å². The zero-order chi connectivity index (χ0) is 11.4. The number of aromatic nitrogens is 2. The molecule has 1 saturated heterocycles. The van der Waals surface area contributed by atoms with Gasteiger partial charge in [-0.15, -0.1) is 0 Å². The smallest absolute Gasteiger partial charge is 0.109 e. The molecule has 1 N–H and O–H groups in total. The number of rotatable bonds is 4. The van der Waals surface area contributed by atoms with Gasteiger partial charge in [0, 0.05) is 45.0 Å². The number of likely N-dealkylation sites (N-methyl/N-ethyl adjacent to an activating group) is 1. The third kappa shape index (κ3) is 2.83. The first kappa shape index (κ1) is 11.6. The molecule has 1 aliphatic heterocycles. The molecule has 1 fully saturated rings. The highest BCUT2D eigenvalue weighted by atomic mass is 15.2. The molecule has 2 rings (SSSR count). The van der Waals surface area contributed by atoms with E-state index >= 15 is 0 Å². The summed E-state index contributed by atoms with van der Waals surface area (Å²) in [5.41, 5.74) is 0. The van der Waals surface area contributed by atoms with E-state index < -0.39 is 0 Å². The lowest BCUT2D eigenvalue weighted by molar-refractivity contribution is 0.204. The summed E-state index contributed by atoms with van der Waals surface area (Å²) in [7, 11) is 4.28. The van der Waals surface area contributed by atoms with Gasteiger partial charge in [-0.25, -0.2) is 4.98 Å². The Morgan fingerprint density at radius 1 is 1.62 bits per heavy atom. The average Bonchev–Trinajstić information content (AvgIpc) is 2.73. The van der Waals surface area contributed by atoms with Crippen LogP contribution in [-0.2, 0) is 13.5 Å². The van der Waals surface area contributed by atoms with Gasteiger partial charge in [0.1, 0.15) is 5.82 Å². The summed E-state index contributed by atoms with van der Waals surface area (Å²) in [6.45, 7) is 3.41. The van der Waals surface area contributed by atoms with Crippen LogP contribution >= 0.6 is 0 Å². The second kappa shape index (κ2) is 5.46. The van der Waals surface area contributed by atoms with Gasteiger partial charge < -0.3 is 14.8 Å². The Morgan fingerprint density at radius 3 is 3.12 bits per heavy atom. The molecule has 0 bridgehead atoms. The SMILES string of the molecule is CN(CCc1nccn1C)C1CCCNC1. The molecule has 1 aromatic heterocycles. The first-order valence-corrected chi connectivity index (χ1v) is 6.14. The van der Waals surface area contributed by atoms with Crippen molar-refractivity contribution in [3.05, 3.63) is 18.2 Å². The third-order valence-corrected chi connectivity index (χ3v) is 3.50. The van der Waals surface area contributed by atoms with Crippen molar-refractivity contribution in [1.29, 1.82) is 0 Å². The van der Waals surface area contributed by atoms with Gasteiger partial charge in [0.2, 0.25) is 0 Å². The van der Waals surface area contributed by atoms with E-state index in [0.717, 1.165) is 19.5 Å². The average molecular weight is 222 g/mol. The van der Waals surface area contributed by atoms with Crippen molar-refractivity contribution in [2.75, 3.05) is 26.7 Å². The summed E-state index contributed by atoms with van der Waals surface area (Å²) in [5.74, 6) is 1.18. The maximum Gasteiger partial charge on any atom is 0.109 e. The van der Waals surface area contributed by atoms with Crippen molar-refractivity contribution in [3.8, 4) is 0 Å². The van der Waals surface area contributed by atoms with Crippen molar-refractivity contribution < 1.29 is 0 Å². The van der Waals surface area contributed by atoms with Crippen LogP contribution in [-0.4, -0.2) is 47.2 Å². The summed E-state index contributed by atoms with van der Waals surface area (Å²) in [4.78, 5) is 6.81. The predicted molar refractivity (Wildman–Crippen MR) is 65.4 cm³/mol. The first-order valence-electron chi connectivity index (χ1n) is 6.14. The van der Waals surface area contributed by atoms with Crippen molar-refractivity contribution >= 4 is 0 Å². The zero-order valence-electron chi connectivity index (χ0n) is 10.3. The molecular weight excluding hydrogens is 200 g/mol. The van der Waals surface area contributed by atoms with Crippen LogP contribution in [0.2, 0.25) is 0 Å². The van der Waals surface area contributed by atoms with E-state index in [1.165, 1.54) is 25.2 Å². The van der Waals surface area contributed by atoms with Crippen LogP contribution in [0.3, 0.4) is 0 Å². The molecule has 0 saturated carbocycles. The summed E-state index contributed by atoms with van der Waals surface area (Å²) >= 11 is 0. The van der Waals surface area contributed by atoms with Crippen LogP contribution in [0.1, 0.15) is 18.7 Å².